The minimum atomic E-state index is -0.667. The molecule has 1 aliphatic rings. The Hall–Kier alpha value is -0.120. The zero-order valence-corrected chi connectivity index (χ0v) is 4.79. The van der Waals surface area contributed by atoms with E-state index in [1.165, 1.54) is 7.11 Å². The number of hydrogen-bond donors (Lipinski definition) is 0. The molecule has 0 aliphatic carbocycles. The monoisotopic (exact) mass is 117 g/mol. The number of hydrogen-bond acceptors (Lipinski definition) is 2. The molecule has 1 rings (SSSR count). The first-order valence-electron chi connectivity index (χ1n) is 2.61. The second-order valence-corrected chi connectivity index (χ2v) is 1.85. The van der Waals surface area contributed by atoms with E-state index >= 15 is 0 Å². The van der Waals surface area contributed by atoms with Crippen LogP contribution in [0.4, 0.5) is 0 Å². The topological polar surface area (TPSA) is 38.4 Å². The molecule has 3 nitrogen and oxygen atoms in total. The quantitative estimate of drug-likeness (QED) is 0.478. The lowest BCUT2D eigenvalue weighted by Gasteiger charge is -2.05. The summed E-state index contributed by atoms with van der Waals surface area (Å²) >= 11 is 0. The minimum absolute atomic E-state index is 0.213. The Balaban J connectivity index is 2.30. The Labute approximate surface area is 48.2 Å². The first kappa shape index (κ1) is 6.01. The first-order chi connectivity index (χ1) is 3.84. The smallest absolute Gasteiger partial charge is 0.144 e. The van der Waals surface area contributed by atoms with Crippen LogP contribution in [0.1, 0.15) is 0 Å². The van der Waals surface area contributed by atoms with Crippen LogP contribution in [0, 0.1) is 0 Å². The fourth-order valence-electron chi connectivity index (χ4n) is 0.735. The van der Waals surface area contributed by atoms with Crippen molar-refractivity contribution >= 4 is 0 Å². The Morgan fingerprint density at radius 2 is 2.38 bits per heavy atom. The van der Waals surface area contributed by atoms with Crippen molar-refractivity contribution in [1.29, 1.82) is 0 Å². The third-order valence-corrected chi connectivity index (χ3v) is 1.28. The van der Waals surface area contributed by atoms with Gasteiger partial charge >= 0.3 is 0 Å². The summed E-state index contributed by atoms with van der Waals surface area (Å²) in [6.07, 6.45) is -0.880. The lowest BCUT2D eigenvalue weighted by Crippen LogP contribution is -2.23. The molecule has 47 valence electrons. The summed E-state index contributed by atoms with van der Waals surface area (Å²) < 4.78 is 9.61. The van der Waals surface area contributed by atoms with Crippen molar-refractivity contribution in [3.05, 3.63) is 0 Å². The summed E-state index contributed by atoms with van der Waals surface area (Å²) in [7, 11) is 1.53. The van der Waals surface area contributed by atoms with Crippen LogP contribution >= 0.6 is 0 Å². The number of ether oxygens (including phenoxy) is 2. The highest BCUT2D eigenvalue weighted by Crippen LogP contribution is 2.07. The van der Waals surface area contributed by atoms with Gasteiger partial charge in [0, 0.05) is 7.11 Å². The molecular weight excluding hydrogens is 108 g/mol. The van der Waals surface area contributed by atoms with Crippen molar-refractivity contribution in [2.24, 2.45) is 0 Å². The van der Waals surface area contributed by atoms with Gasteiger partial charge in [-0.25, -0.2) is 5.11 Å². The third-order valence-electron chi connectivity index (χ3n) is 1.28. The zero-order valence-electron chi connectivity index (χ0n) is 4.79. The van der Waals surface area contributed by atoms with E-state index in [1.54, 1.807) is 0 Å². The van der Waals surface area contributed by atoms with E-state index in [9.17, 15) is 5.11 Å². The van der Waals surface area contributed by atoms with Gasteiger partial charge in [0.1, 0.15) is 12.2 Å². The van der Waals surface area contributed by atoms with Crippen LogP contribution in [-0.4, -0.2) is 32.5 Å². The van der Waals surface area contributed by atoms with Gasteiger partial charge in [-0.3, -0.25) is 0 Å². The van der Waals surface area contributed by atoms with Crippen molar-refractivity contribution in [2.45, 2.75) is 12.2 Å². The van der Waals surface area contributed by atoms with Crippen molar-refractivity contribution in [2.75, 3.05) is 20.3 Å². The van der Waals surface area contributed by atoms with Crippen LogP contribution in [0.3, 0.4) is 0 Å². The average molecular weight is 117 g/mol. The van der Waals surface area contributed by atoms with Crippen LogP contribution in [0.15, 0.2) is 0 Å². The standard InChI is InChI=1S/C5H9O3/c1-7-5-3-8-2-4(5)6/h4-5H,2-3H2,1H3. The summed E-state index contributed by atoms with van der Waals surface area (Å²) in [5.74, 6) is 0. The molecule has 1 radical (unpaired) electrons. The van der Waals surface area contributed by atoms with Gasteiger partial charge in [0.25, 0.3) is 0 Å². The second-order valence-electron chi connectivity index (χ2n) is 1.85. The summed E-state index contributed by atoms with van der Waals surface area (Å²) in [6, 6.07) is 0. The molecule has 0 aromatic heterocycles. The van der Waals surface area contributed by atoms with Gasteiger partial charge in [-0.2, -0.15) is 0 Å². The minimum Gasteiger partial charge on any atom is -0.376 e. The number of rotatable bonds is 1. The molecule has 1 fully saturated rings. The fraction of sp³-hybridized carbons (Fsp3) is 1.00. The van der Waals surface area contributed by atoms with Gasteiger partial charge in [0.2, 0.25) is 0 Å². The predicted molar refractivity (Wildman–Crippen MR) is 26.1 cm³/mol. The summed E-state index contributed by atoms with van der Waals surface area (Å²) in [4.78, 5) is 0. The molecule has 1 heterocycles. The molecule has 0 spiro atoms. The molecule has 0 bridgehead atoms. The maximum atomic E-state index is 10.6. The summed E-state index contributed by atoms with van der Waals surface area (Å²) in [5, 5.41) is 10.6. The molecule has 8 heavy (non-hydrogen) atoms. The molecular formula is C5H9O3. The molecule has 2 atom stereocenters. The van der Waals surface area contributed by atoms with Crippen LogP contribution in [0.2, 0.25) is 0 Å². The molecule has 1 aliphatic heterocycles. The van der Waals surface area contributed by atoms with E-state index in [4.69, 9.17) is 9.47 Å². The largest absolute Gasteiger partial charge is 0.376 e. The van der Waals surface area contributed by atoms with E-state index in [0.29, 0.717) is 13.2 Å². The first-order valence-corrected chi connectivity index (χ1v) is 2.61. The Bertz CT molecular complexity index is 74.1. The van der Waals surface area contributed by atoms with Crippen LogP contribution < -0.4 is 0 Å². The lowest BCUT2D eigenvalue weighted by atomic mass is 10.3. The van der Waals surface area contributed by atoms with E-state index in [2.05, 4.69) is 0 Å². The maximum absolute atomic E-state index is 10.6. The Morgan fingerprint density at radius 1 is 1.62 bits per heavy atom. The molecule has 0 aromatic rings. The predicted octanol–water partition coefficient (Wildman–Crippen LogP) is -0.169. The van der Waals surface area contributed by atoms with Crippen molar-refractivity contribution in [3.63, 3.8) is 0 Å². The molecule has 3 heteroatoms. The lowest BCUT2D eigenvalue weighted by molar-refractivity contribution is -0.0162. The normalized spacial score (nSPS) is 38.2. The molecule has 1 saturated heterocycles. The highest BCUT2D eigenvalue weighted by atomic mass is 16.6. The molecule has 2 unspecified atom stereocenters. The van der Waals surface area contributed by atoms with Gasteiger partial charge < -0.3 is 9.47 Å². The molecule has 0 N–H and O–H groups in total. The fourth-order valence-corrected chi connectivity index (χ4v) is 0.735. The highest BCUT2D eigenvalue weighted by molar-refractivity contribution is 4.72. The van der Waals surface area contributed by atoms with Gasteiger partial charge in [0.15, 0.2) is 0 Å². The van der Waals surface area contributed by atoms with E-state index in [0.717, 1.165) is 0 Å². The SMILES string of the molecule is COC1COCC1[O]. The summed E-state index contributed by atoms with van der Waals surface area (Å²) in [5.41, 5.74) is 0. The zero-order chi connectivity index (χ0) is 5.98. The van der Waals surface area contributed by atoms with Gasteiger partial charge in [-0.15, -0.1) is 0 Å². The number of methoxy groups -OCH3 is 1. The van der Waals surface area contributed by atoms with Gasteiger partial charge in [-0.05, 0) is 0 Å². The molecule has 0 saturated carbocycles. The van der Waals surface area contributed by atoms with Crippen LogP contribution in [-0.2, 0) is 14.6 Å². The summed E-state index contributed by atoms with van der Waals surface area (Å²) in [6.45, 7) is 0.767. The van der Waals surface area contributed by atoms with E-state index in [-0.39, 0.29) is 6.10 Å². The second kappa shape index (κ2) is 2.44. The van der Waals surface area contributed by atoms with Crippen LogP contribution in [0.5, 0.6) is 0 Å². The van der Waals surface area contributed by atoms with E-state index < -0.39 is 6.10 Å². The maximum Gasteiger partial charge on any atom is 0.144 e. The highest BCUT2D eigenvalue weighted by Gasteiger charge is 2.26. The van der Waals surface area contributed by atoms with Crippen molar-refractivity contribution in [3.8, 4) is 0 Å². The van der Waals surface area contributed by atoms with Crippen molar-refractivity contribution < 1.29 is 14.6 Å². The molecule has 0 aromatic carbocycles. The third kappa shape index (κ3) is 0.992. The van der Waals surface area contributed by atoms with E-state index in [1.807, 2.05) is 0 Å². The average Bonchev–Trinajstić information content (AvgIpc) is 2.14. The Kier molecular flexibility index (Phi) is 1.83. The van der Waals surface area contributed by atoms with Gasteiger partial charge in [0.05, 0.1) is 13.2 Å². The van der Waals surface area contributed by atoms with Crippen molar-refractivity contribution in [1.82, 2.24) is 0 Å². The van der Waals surface area contributed by atoms with Gasteiger partial charge in [-0.1, -0.05) is 0 Å². The van der Waals surface area contributed by atoms with Crippen LogP contribution in [0.25, 0.3) is 0 Å². The Morgan fingerprint density at radius 3 is 2.62 bits per heavy atom. The molecule has 0 amide bonds.